The van der Waals surface area contributed by atoms with Gasteiger partial charge in [0.2, 0.25) is 5.95 Å². The lowest BCUT2D eigenvalue weighted by atomic mass is 9.86. The molecule has 0 spiro atoms. The van der Waals surface area contributed by atoms with Crippen molar-refractivity contribution >= 4 is 5.95 Å². The molecule has 2 unspecified atom stereocenters. The largest absolute Gasteiger partial charge is 0.489 e. The number of nitrogens with two attached hydrogens (primary N) is 1. The number of fused-ring (bicyclic) bond motifs is 1. The second kappa shape index (κ2) is 6.59. The predicted molar refractivity (Wildman–Crippen MR) is 97.4 cm³/mol. The maximum absolute atomic E-state index is 5.88. The second-order valence-electron chi connectivity index (χ2n) is 6.56. The van der Waals surface area contributed by atoms with Crippen LogP contribution < -0.4 is 10.5 Å². The number of aromatic nitrogens is 3. The van der Waals surface area contributed by atoms with Crippen LogP contribution in [0.15, 0.2) is 54.6 Å². The number of hydrogen-bond donors (Lipinski definition) is 1. The van der Waals surface area contributed by atoms with Gasteiger partial charge >= 0.3 is 0 Å². The maximum atomic E-state index is 5.88. The summed E-state index contributed by atoms with van der Waals surface area (Å²) in [6.07, 6.45) is 1.97. The lowest BCUT2D eigenvalue weighted by Crippen LogP contribution is -2.24. The van der Waals surface area contributed by atoms with E-state index in [-0.39, 0.29) is 6.04 Å². The average Bonchev–Trinajstić information content (AvgIpc) is 3.03. The summed E-state index contributed by atoms with van der Waals surface area (Å²) in [5.74, 6) is 2.66. The number of nitrogens with zero attached hydrogens (tertiary/aromatic N) is 3. The van der Waals surface area contributed by atoms with Crippen LogP contribution >= 0.6 is 0 Å². The second-order valence-corrected chi connectivity index (χ2v) is 6.56. The summed E-state index contributed by atoms with van der Waals surface area (Å²) in [6, 6.07) is 18.9. The molecule has 5 heteroatoms. The van der Waals surface area contributed by atoms with Crippen LogP contribution in [-0.2, 0) is 13.0 Å². The Labute approximate surface area is 147 Å². The van der Waals surface area contributed by atoms with Crippen molar-refractivity contribution in [1.82, 2.24) is 14.8 Å². The zero-order chi connectivity index (χ0) is 17.2. The van der Waals surface area contributed by atoms with E-state index >= 15 is 0 Å². The van der Waals surface area contributed by atoms with Gasteiger partial charge in [-0.15, -0.1) is 5.10 Å². The summed E-state index contributed by atoms with van der Waals surface area (Å²) in [6.45, 7) is 2.77. The molecule has 1 aliphatic heterocycles. The zero-order valence-corrected chi connectivity index (χ0v) is 14.3. The minimum Gasteiger partial charge on any atom is -0.489 e. The molecule has 0 radical (unpaired) electrons. The molecule has 2 aromatic carbocycles. The van der Waals surface area contributed by atoms with Gasteiger partial charge in [0.05, 0.1) is 6.04 Å². The van der Waals surface area contributed by atoms with Crippen LogP contribution in [-0.4, -0.2) is 14.8 Å². The molecule has 1 aromatic heterocycles. The number of hydrogen-bond acceptors (Lipinski definition) is 4. The van der Waals surface area contributed by atoms with Crippen LogP contribution in [0.4, 0.5) is 5.95 Å². The third kappa shape index (κ3) is 3.22. The first-order valence-electron chi connectivity index (χ1n) is 8.68. The maximum Gasteiger partial charge on any atom is 0.239 e. The summed E-state index contributed by atoms with van der Waals surface area (Å²) < 4.78 is 7.85. The van der Waals surface area contributed by atoms with Crippen molar-refractivity contribution in [2.45, 2.75) is 38.3 Å². The van der Waals surface area contributed by atoms with Crippen molar-refractivity contribution in [1.29, 1.82) is 0 Å². The van der Waals surface area contributed by atoms with Crippen molar-refractivity contribution in [3.63, 3.8) is 0 Å². The lowest BCUT2D eigenvalue weighted by molar-refractivity contribution is 0.305. The van der Waals surface area contributed by atoms with Gasteiger partial charge in [0.25, 0.3) is 0 Å². The Morgan fingerprint density at radius 3 is 2.64 bits per heavy atom. The van der Waals surface area contributed by atoms with Crippen LogP contribution in [0.3, 0.4) is 0 Å². The molecule has 0 saturated heterocycles. The van der Waals surface area contributed by atoms with Gasteiger partial charge in [-0.3, -0.25) is 0 Å². The molecule has 0 aliphatic carbocycles. The SMILES string of the molecule is CC1C(c2ccc(OCc3ccccc3)cc2)CCc2nc(N)nn21. The first kappa shape index (κ1) is 15.7. The molecular weight excluding hydrogens is 312 g/mol. The van der Waals surface area contributed by atoms with Gasteiger partial charge < -0.3 is 10.5 Å². The van der Waals surface area contributed by atoms with Gasteiger partial charge in [0, 0.05) is 12.3 Å². The quantitative estimate of drug-likeness (QED) is 0.789. The molecule has 0 saturated carbocycles. The number of rotatable bonds is 4. The van der Waals surface area contributed by atoms with E-state index in [1.807, 2.05) is 22.9 Å². The molecule has 1 aliphatic rings. The first-order valence-corrected chi connectivity index (χ1v) is 8.68. The molecule has 128 valence electrons. The van der Waals surface area contributed by atoms with E-state index in [9.17, 15) is 0 Å². The molecule has 0 amide bonds. The first-order chi connectivity index (χ1) is 12.2. The highest BCUT2D eigenvalue weighted by atomic mass is 16.5. The van der Waals surface area contributed by atoms with Gasteiger partial charge in [0.15, 0.2) is 0 Å². The summed E-state index contributed by atoms with van der Waals surface area (Å²) >= 11 is 0. The van der Waals surface area contributed by atoms with E-state index < -0.39 is 0 Å². The summed E-state index contributed by atoms with van der Waals surface area (Å²) in [7, 11) is 0. The Morgan fingerprint density at radius 1 is 1.12 bits per heavy atom. The third-order valence-electron chi connectivity index (χ3n) is 4.92. The fraction of sp³-hybridized carbons (Fsp3) is 0.300. The van der Waals surface area contributed by atoms with E-state index in [2.05, 4.69) is 53.4 Å². The van der Waals surface area contributed by atoms with Crippen LogP contribution in [0.1, 0.15) is 42.3 Å². The van der Waals surface area contributed by atoms with Crippen molar-refractivity contribution in [2.24, 2.45) is 0 Å². The highest BCUT2D eigenvalue weighted by Gasteiger charge is 2.29. The predicted octanol–water partition coefficient (Wildman–Crippen LogP) is 3.73. The van der Waals surface area contributed by atoms with Crippen molar-refractivity contribution in [3.8, 4) is 5.75 Å². The van der Waals surface area contributed by atoms with E-state index in [4.69, 9.17) is 10.5 Å². The van der Waals surface area contributed by atoms with Crippen LogP contribution in [0, 0.1) is 0 Å². The lowest BCUT2D eigenvalue weighted by Gasteiger charge is -2.29. The smallest absolute Gasteiger partial charge is 0.239 e. The molecule has 0 bridgehead atoms. The molecule has 2 heterocycles. The fourth-order valence-electron chi connectivity index (χ4n) is 3.56. The van der Waals surface area contributed by atoms with E-state index in [0.717, 1.165) is 24.4 Å². The Hall–Kier alpha value is -2.82. The monoisotopic (exact) mass is 334 g/mol. The number of nitrogen functional groups attached to an aromatic ring is 1. The van der Waals surface area contributed by atoms with Crippen LogP contribution in [0.5, 0.6) is 5.75 Å². The Balaban J connectivity index is 1.45. The van der Waals surface area contributed by atoms with Gasteiger partial charge in [-0.1, -0.05) is 42.5 Å². The molecule has 3 aromatic rings. The standard InChI is InChI=1S/C20H22N4O/c1-14-18(11-12-19-22-20(21)23-24(14)19)16-7-9-17(10-8-16)25-13-15-5-3-2-4-6-15/h2-10,14,18H,11-13H2,1H3,(H2,21,23). The molecule has 2 N–H and O–H groups in total. The van der Waals surface area contributed by atoms with Crippen molar-refractivity contribution in [2.75, 3.05) is 5.73 Å². The summed E-state index contributed by atoms with van der Waals surface area (Å²) in [4.78, 5) is 4.31. The van der Waals surface area contributed by atoms with E-state index in [1.54, 1.807) is 0 Å². The van der Waals surface area contributed by atoms with Gasteiger partial charge in [-0.05, 0) is 36.6 Å². The minimum atomic E-state index is 0.254. The Morgan fingerprint density at radius 2 is 1.88 bits per heavy atom. The number of anilines is 1. The van der Waals surface area contributed by atoms with Gasteiger partial charge in [-0.25, -0.2) is 4.68 Å². The Bertz CT molecular complexity index is 842. The molecule has 25 heavy (non-hydrogen) atoms. The molecular formula is C20H22N4O. The van der Waals surface area contributed by atoms with Crippen LogP contribution in [0.25, 0.3) is 0 Å². The highest BCUT2D eigenvalue weighted by Crippen LogP contribution is 2.37. The number of aryl methyl sites for hydroxylation is 1. The third-order valence-corrected chi connectivity index (χ3v) is 4.92. The van der Waals surface area contributed by atoms with Crippen LogP contribution in [0.2, 0.25) is 0 Å². The average molecular weight is 334 g/mol. The zero-order valence-electron chi connectivity index (χ0n) is 14.3. The van der Waals surface area contributed by atoms with Crippen molar-refractivity contribution < 1.29 is 4.74 Å². The molecule has 5 nitrogen and oxygen atoms in total. The topological polar surface area (TPSA) is 66.0 Å². The highest BCUT2D eigenvalue weighted by molar-refractivity contribution is 5.31. The normalized spacial score (nSPS) is 19.4. The van der Waals surface area contributed by atoms with E-state index in [0.29, 0.717) is 18.5 Å². The van der Waals surface area contributed by atoms with Gasteiger partial charge in [-0.2, -0.15) is 4.98 Å². The molecule has 0 fully saturated rings. The number of benzene rings is 2. The summed E-state index contributed by atoms with van der Waals surface area (Å²) in [5.41, 5.74) is 8.22. The fourth-order valence-corrected chi connectivity index (χ4v) is 3.56. The van der Waals surface area contributed by atoms with E-state index in [1.165, 1.54) is 11.1 Å². The van der Waals surface area contributed by atoms with Gasteiger partial charge in [0.1, 0.15) is 18.2 Å². The minimum absolute atomic E-state index is 0.254. The number of ether oxygens (including phenoxy) is 1. The van der Waals surface area contributed by atoms with Crippen molar-refractivity contribution in [3.05, 3.63) is 71.5 Å². The molecule has 4 rings (SSSR count). The molecule has 2 atom stereocenters. The Kier molecular flexibility index (Phi) is 4.14. The summed E-state index contributed by atoms with van der Waals surface area (Å²) in [5, 5.41) is 4.35.